The SMILES string of the molecule is Cc1c(C(=O)Nc2nc3c(s2)CC(C)CC3)sc2ncn(C)c(=O)c12. The second-order valence-corrected chi connectivity index (χ2v) is 8.67. The smallest absolute Gasteiger partial charge is 0.267 e. The molecule has 1 aliphatic carbocycles. The standard InChI is InChI=1S/C17H18N4O2S2/c1-8-4-5-10-11(6-8)24-17(19-10)20-14(22)13-9(2)12-15(25-13)18-7-21(3)16(12)23/h7-8H,4-6H2,1-3H3,(H,19,20,22). The maximum atomic E-state index is 12.7. The molecule has 3 aromatic heterocycles. The minimum atomic E-state index is -0.221. The number of hydrogen-bond acceptors (Lipinski definition) is 6. The lowest BCUT2D eigenvalue weighted by Crippen LogP contribution is -2.17. The van der Waals surface area contributed by atoms with Crippen molar-refractivity contribution in [2.75, 3.05) is 5.32 Å². The molecular formula is C17H18N4O2S2. The highest BCUT2D eigenvalue weighted by Crippen LogP contribution is 2.33. The minimum Gasteiger partial charge on any atom is -0.302 e. The van der Waals surface area contributed by atoms with E-state index in [4.69, 9.17) is 0 Å². The second kappa shape index (κ2) is 6.03. The number of fused-ring (bicyclic) bond motifs is 2. The Morgan fingerprint density at radius 1 is 1.40 bits per heavy atom. The zero-order valence-corrected chi connectivity index (χ0v) is 15.9. The average molecular weight is 374 g/mol. The molecule has 4 rings (SSSR count). The molecule has 0 saturated carbocycles. The summed E-state index contributed by atoms with van der Waals surface area (Å²) in [6.45, 7) is 4.04. The molecule has 25 heavy (non-hydrogen) atoms. The Balaban J connectivity index is 1.66. The normalized spacial score (nSPS) is 16.8. The highest BCUT2D eigenvalue weighted by molar-refractivity contribution is 7.21. The van der Waals surface area contributed by atoms with Crippen molar-refractivity contribution in [2.24, 2.45) is 13.0 Å². The third kappa shape index (κ3) is 2.79. The lowest BCUT2D eigenvalue weighted by molar-refractivity contribution is 0.103. The molecule has 1 N–H and O–H groups in total. The van der Waals surface area contributed by atoms with Crippen LogP contribution in [0.1, 0.15) is 39.2 Å². The molecule has 3 aromatic rings. The lowest BCUT2D eigenvalue weighted by atomic mass is 9.93. The highest BCUT2D eigenvalue weighted by Gasteiger charge is 2.23. The first kappa shape index (κ1) is 16.4. The number of thiophene rings is 1. The molecule has 0 bridgehead atoms. The number of amides is 1. The van der Waals surface area contributed by atoms with Gasteiger partial charge in [0.1, 0.15) is 4.83 Å². The summed E-state index contributed by atoms with van der Waals surface area (Å²) in [5.41, 5.74) is 1.67. The van der Waals surface area contributed by atoms with E-state index in [1.54, 1.807) is 25.3 Å². The molecule has 1 aliphatic rings. The third-order valence-electron chi connectivity index (χ3n) is 4.62. The van der Waals surface area contributed by atoms with Gasteiger partial charge >= 0.3 is 0 Å². The summed E-state index contributed by atoms with van der Waals surface area (Å²) in [4.78, 5) is 36.2. The molecule has 0 aromatic carbocycles. The van der Waals surface area contributed by atoms with E-state index >= 15 is 0 Å². The fourth-order valence-electron chi connectivity index (χ4n) is 3.17. The van der Waals surface area contributed by atoms with Crippen LogP contribution >= 0.6 is 22.7 Å². The minimum absolute atomic E-state index is 0.128. The summed E-state index contributed by atoms with van der Waals surface area (Å²) in [7, 11) is 1.66. The Bertz CT molecular complexity index is 1050. The number of nitrogens with one attached hydrogen (secondary N) is 1. The van der Waals surface area contributed by atoms with Gasteiger partial charge in [0.2, 0.25) is 0 Å². The largest absolute Gasteiger partial charge is 0.302 e. The monoisotopic (exact) mass is 374 g/mol. The Hall–Kier alpha value is -2.06. The molecule has 0 saturated heterocycles. The fraction of sp³-hybridized carbons (Fsp3) is 0.412. The molecule has 1 atom stereocenters. The van der Waals surface area contributed by atoms with Gasteiger partial charge in [0.05, 0.1) is 22.3 Å². The maximum absolute atomic E-state index is 12.7. The molecule has 0 aliphatic heterocycles. The number of carbonyl (C=O) groups excluding carboxylic acids is 1. The number of carbonyl (C=O) groups is 1. The van der Waals surface area contributed by atoms with Gasteiger partial charge in [0.25, 0.3) is 11.5 Å². The van der Waals surface area contributed by atoms with Crippen molar-refractivity contribution in [1.82, 2.24) is 14.5 Å². The summed E-state index contributed by atoms with van der Waals surface area (Å²) in [6.07, 6.45) is 4.64. The lowest BCUT2D eigenvalue weighted by Gasteiger charge is -2.15. The molecule has 8 heteroatoms. The van der Waals surface area contributed by atoms with Crippen LogP contribution in [0.15, 0.2) is 11.1 Å². The Morgan fingerprint density at radius 2 is 2.20 bits per heavy atom. The van der Waals surface area contributed by atoms with E-state index in [9.17, 15) is 9.59 Å². The predicted molar refractivity (Wildman–Crippen MR) is 101 cm³/mol. The van der Waals surface area contributed by atoms with Crippen molar-refractivity contribution < 1.29 is 4.79 Å². The van der Waals surface area contributed by atoms with Gasteiger partial charge in [-0.15, -0.1) is 22.7 Å². The van der Waals surface area contributed by atoms with Crippen molar-refractivity contribution in [3.63, 3.8) is 0 Å². The van der Waals surface area contributed by atoms with Gasteiger partial charge < -0.3 is 4.57 Å². The number of hydrogen-bond donors (Lipinski definition) is 1. The quantitative estimate of drug-likeness (QED) is 0.748. The van der Waals surface area contributed by atoms with E-state index in [-0.39, 0.29) is 11.5 Å². The first-order valence-corrected chi connectivity index (χ1v) is 9.82. The summed E-state index contributed by atoms with van der Waals surface area (Å²) in [5.74, 6) is 0.449. The van der Waals surface area contributed by atoms with Crippen molar-refractivity contribution in [2.45, 2.75) is 33.1 Å². The molecule has 0 spiro atoms. The van der Waals surface area contributed by atoms with Crippen LogP contribution in [-0.4, -0.2) is 20.4 Å². The molecule has 3 heterocycles. The molecule has 1 amide bonds. The van der Waals surface area contributed by atoms with Crippen LogP contribution in [0.25, 0.3) is 10.2 Å². The number of thiazole rings is 1. The van der Waals surface area contributed by atoms with Crippen molar-refractivity contribution in [1.29, 1.82) is 0 Å². The van der Waals surface area contributed by atoms with Crippen molar-refractivity contribution in [3.8, 4) is 0 Å². The molecule has 0 fully saturated rings. The van der Waals surface area contributed by atoms with Crippen molar-refractivity contribution in [3.05, 3.63) is 37.7 Å². The number of aryl methyl sites for hydroxylation is 3. The van der Waals surface area contributed by atoms with Crippen LogP contribution < -0.4 is 10.9 Å². The van der Waals surface area contributed by atoms with Gasteiger partial charge in [0, 0.05) is 11.9 Å². The summed E-state index contributed by atoms with van der Waals surface area (Å²) < 4.78 is 1.43. The van der Waals surface area contributed by atoms with E-state index in [1.807, 2.05) is 0 Å². The second-order valence-electron chi connectivity index (χ2n) is 6.59. The number of rotatable bonds is 2. The predicted octanol–water partition coefficient (Wildman–Crippen LogP) is 3.14. The van der Waals surface area contributed by atoms with Gasteiger partial charge in [-0.3, -0.25) is 14.9 Å². The molecule has 6 nitrogen and oxygen atoms in total. The van der Waals surface area contributed by atoms with Gasteiger partial charge in [-0.1, -0.05) is 6.92 Å². The van der Waals surface area contributed by atoms with Crippen LogP contribution in [0.5, 0.6) is 0 Å². The average Bonchev–Trinajstić information content (AvgIpc) is 3.11. The maximum Gasteiger partial charge on any atom is 0.267 e. The summed E-state index contributed by atoms with van der Waals surface area (Å²) in [6, 6.07) is 0. The van der Waals surface area contributed by atoms with Gasteiger partial charge in [-0.2, -0.15) is 0 Å². The fourth-order valence-corrected chi connectivity index (χ4v) is 5.37. The Morgan fingerprint density at radius 3 is 3.00 bits per heavy atom. The molecule has 0 radical (unpaired) electrons. The zero-order valence-electron chi connectivity index (χ0n) is 14.3. The van der Waals surface area contributed by atoms with E-state index in [1.165, 1.54) is 27.1 Å². The van der Waals surface area contributed by atoms with Gasteiger partial charge in [-0.05, 0) is 37.7 Å². The Kier molecular flexibility index (Phi) is 3.96. The molecule has 1 unspecified atom stereocenters. The topological polar surface area (TPSA) is 76.9 Å². The number of aromatic nitrogens is 3. The Labute approximate surface area is 152 Å². The molecular weight excluding hydrogens is 356 g/mol. The van der Waals surface area contributed by atoms with Crippen LogP contribution in [-0.2, 0) is 19.9 Å². The van der Waals surface area contributed by atoms with Crippen molar-refractivity contribution >= 4 is 43.9 Å². The summed E-state index contributed by atoms with van der Waals surface area (Å²) in [5, 5.41) is 4.07. The summed E-state index contributed by atoms with van der Waals surface area (Å²) >= 11 is 2.81. The first-order valence-electron chi connectivity index (χ1n) is 8.18. The van der Waals surface area contributed by atoms with Crippen LogP contribution in [0.4, 0.5) is 5.13 Å². The van der Waals surface area contributed by atoms with Gasteiger partial charge in [0.15, 0.2) is 5.13 Å². The van der Waals surface area contributed by atoms with E-state index in [0.717, 1.165) is 25.0 Å². The van der Waals surface area contributed by atoms with E-state index < -0.39 is 0 Å². The third-order valence-corrected chi connectivity index (χ3v) is 6.86. The zero-order chi connectivity index (χ0) is 17.7. The van der Waals surface area contributed by atoms with Gasteiger partial charge in [-0.25, -0.2) is 9.97 Å². The first-order chi connectivity index (χ1) is 11.9. The van der Waals surface area contributed by atoms with Crippen LogP contribution in [0.3, 0.4) is 0 Å². The highest BCUT2D eigenvalue weighted by atomic mass is 32.1. The number of nitrogens with zero attached hydrogens (tertiary/aromatic N) is 3. The van der Waals surface area contributed by atoms with Crippen LogP contribution in [0, 0.1) is 12.8 Å². The van der Waals surface area contributed by atoms with Crippen LogP contribution in [0.2, 0.25) is 0 Å². The number of anilines is 1. The van der Waals surface area contributed by atoms with E-state index in [0.29, 0.717) is 31.7 Å². The van der Waals surface area contributed by atoms with E-state index in [2.05, 4.69) is 22.2 Å². The molecule has 130 valence electrons.